The van der Waals surface area contributed by atoms with Crippen LogP contribution in [0.2, 0.25) is 0 Å². The lowest BCUT2D eigenvalue weighted by Crippen LogP contribution is -2.20. The molecule has 1 N–H and O–H groups in total. The summed E-state index contributed by atoms with van der Waals surface area (Å²) >= 11 is 1.29. The van der Waals surface area contributed by atoms with Gasteiger partial charge >= 0.3 is 0 Å². The molecular weight excluding hydrogens is 252 g/mol. The molecular formula is C12H14N2O3S. The van der Waals surface area contributed by atoms with Gasteiger partial charge in [0.25, 0.3) is 0 Å². The number of nitrogens with zero attached hydrogens (tertiary/aromatic N) is 2. The summed E-state index contributed by atoms with van der Waals surface area (Å²) < 4.78 is 5.82. The second-order valence-electron chi connectivity index (χ2n) is 4.17. The number of thiophene rings is 1. The fourth-order valence-corrected chi connectivity index (χ4v) is 2.71. The molecule has 18 heavy (non-hydrogen) atoms. The number of aromatic hydroxyl groups is 1. The maximum absolute atomic E-state index is 12.0. The molecule has 0 radical (unpaired) electrons. The Hall–Kier alpha value is -1.66. The standard InChI is InChI=1S/C12H14N2O3S/c1-14(2)6-9(16)10-4-7-8(15)5-13-12(17-3)11(7)18-10/h4-5,15H,6H2,1-3H3. The van der Waals surface area contributed by atoms with E-state index in [-0.39, 0.29) is 11.5 Å². The zero-order valence-corrected chi connectivity index (χ0v) is 11.2. The van der Waals surface area contributed by atoms with Crippen molar-refractivity contribution in [3.8, 4) is 11.6 Å². The predicted octanol–water partition coefficient (Wildman–Crippen LogP) is 1.75. The van der Waals surface area contributed by atoms with Crippen molar-refractivity contribution in [2.24, 2.45) is 0 Å². The van der Waals surface area contributed by atoms with Gasteiger partial charge in [-0.05, 0) is 20.2 Å². The lowest BCUT2D eigenvalue weighted by atomic mass is 10.2. The van der Waals surface area contributed by atoms with E-state index in [1.54, 1.807) is 6.07 Å². The Morgan fingerprint density at radius 1 is 1.56 bits per heavy atom. The smallest absolute Gasteiger partial charge is 0.231 e. The number of hydrogen-bond acceptors (Lipinski definition) is 6. The average Bonchev–Trinajstić information content (AvgIpc) is 2.74. The van der Waals surface area contributed by atoms with E-state index >= 15 is 0 Å². The Kier molecular flexibility index (Phi) is 3.49. The van der Waals surface area contributed by atoms with Gasteiger partial charge in [0.05, 0.1) is 24.7 Å². The summed E-state index contributed by atoms with van der Waals surface area (Å²) in [6.07, 6.45) is 1.33. The number of ether oxygens (including phenoxy) is 1. The van der Waals surface area contributed by atoms with Crippen molar-refractivity contribution in [1.29, 1.82) is 0 Å². The second kappa shape index (κ2) is 4.91. The minimum Gasteiger partial charge on any atom is -0.506 e. The monoisotopic (exact) mass is 266 g/mol. The fraction of sp³-hybridized carbons (Fsp3) is 0.333. The molecule has 0 atom stereocenters. The van der Waals surface area contributed by atoms with Crippen molar-refractivity contribution in [3.63, 3.8) is 0 Å². The number of hydrogen-bond donors (Lipinski definition) is 1. The molecule has 0 aliphatic rings. The van der Waals surface area contributed by atoms with Crippen LogP contribution in [0.1, 0.15) is 9.67 Å². The first-order chi connectivity index (χ1) is 8.52. The third kappa shape index (κ3) is 2.30. The molecule has 2 heterocycles. The molecule has 0 aromatic carbocycles. The van der Waals surface area contributed by atoms with Crippen molar-refractivity contribution in [3.05, 3.63) is 17.1 Å². The normalized spacial score (nSPS) is 11.1. The van der Waals surface area contributed by atoms with Crippen LogP contribution in [0.5, 0.6) is 11.6 Å². The Balaban J connectivity index is 2.49. The van der Waals surface area contributed by atoms with Gasteiger partial charge in [0.1, 0.15) is 10.4 Å². The van der Waals surface area contributed by atoms with E-state index in [2.05, 4.69) is 4.98 Å². The van der Waals surface area contributed by atoms with E-state index in [9.17, 15) is 9.90 Å². The molecule has 2 aromatic rings. The number of aromatic nitrogens is 1. The zero-order chi connectivity index (χ0) is 13.3. The lowest BCUT2D eigenvalue weighted by Gasteiger charge is -2.05. The molecule has 2 aromatic heterocycles. The minimum absolute atomic E-state index is 0.0163. The SMILES string of the molecule is COc1ncc(O)c2cc(C(=O)CN(C)C)sc12. The van der Waals surface area contributed by atoms with Gasteiger partial charge in [0.15, 0.2) is 5.78 Å². The van der Waals surface area contributed by atoms with Crippen LogP contribution in [0, 0.1) is 0 Å². The van der Waals surface area contributed by atoms with Crippen LogP contribution in [-0.2, 0) is 0 Å². The third-order valence-electron chi connectivity index (χ3n) is 2.43. The minimum atomic E-state index is 0.0163. The topological polar surface area (TPSA) is 62.7 Å². The Morgan fingerprint density at radius 3 is 2.89 bits per heavy atom. The summed E-state index contributed by atoms with van der Waals surface area (Å²) in [6.45, 7) is 0.337. The van der Waals surface area contributed by atoms with Crippen LogP contribution >= 0.6 is 11.3 Å². The summed E-state index contributed by atoms with van der Waals surface area (Å²) in [5.41, 5.74) is 0. The first-order valence-electron chi connectivity index (χ1n) is 5.36. The summed E-state index contributed by atoms with van der Waals surface area (Å²) in [5.74, 6) is 0.505. The maximum atomic E-state index is 12.0. The van der Waals surface area contributed by atoms with Crippen molar-refractivity contribution in [2.75, 3.05) is 27.7 Å². The summed E-state index contributed by atoms with van der Waals surface area (Å²) in [7, 11) is 5.19. The number of carbonyl (C=O) groups excluding carboxylic acids is 1. The highest BCUT2D eigenvalue weighted by atomic mass is 32.1. The number of fused-ring (bicyclic) bond motifs is 1. The van der Waals surface area contributed by atoms with Gasteiger partial charge in [-0.3, -0.25) is 4.79 Å². The Labute approximate surface area is 109 Å². The number of carbonyl (C=O) groups is 1. The van der Waals surface area contributed by atoms with Gasteiger partial charge in [-0.15, -0.1) is 11.3 Å². The van der Waals surface area contributed by atoms with E-state index in [0.717, 1.165) is 0 Å². The van der Waals surface area contributed by atoms with Gasteiger partial charge in [0.2, 0.25) is 5.88 Å². The number of Topliss-reactive ketones (excluding diaryl/α,β-unsaturated/α-hetero) is 1. The van der Waals surface area contributed by atoms with Gasteiger partial charge in [-0.2, -0.15) is 0 Å². The third-order valence-corrected chi connectivity index (χ3v) is 3.60. The predicted molar refractivity (Wildman–Crippen MR) is 70.7 cm³/mol. The molecule has 2 rings (SSSR count). The molecule has 0 bridgehead atoms. The van der Waals surface area contributed by atoms with Crippen LogP contribution < -0.4 is 4.74 Å². The average molecular weight is 266 g/mol. The molecule has 0 aliphatic heterocycles. The first kappa shape index (κ1) is 12.8. The quantitative estimate of drug-likeness (QED) is 0.854. The number of likely N-dealkylation sites (N-methyl/N-ethyl adjacent to an activating group) is 1. The molecule has 0 saturated carbocycles. The highest BCUT2D eigenvalue weighted by Crippen LogP contribution is 2.37. The van der Waals surface area contributed by atoms with Crippen molar-refractivity contribution in [1.82, 2.24) is 9.88 Å². The Morgan fingerprint density at radius 2 is 2.28 bits per heavy atom. The Bertz CT molecular complexity index is 592. The van der Waals surface area contributed by atoms with Crippen LogP contribution in [-0.4, -0.2) is 48.5 Å². The maximum Gasteiger partial charge on any atom is 0.231 e. The van der Waals surface area contributed by atoms with E-state index in [1.807, 2.05) is 19.0 Å². The first-order valence-corrected chi connectivity index (χ1v) is 6.18. The van der Waals surface area contributed by atoms with Gasteiger partial charge < -0.3 is 14.7 Å². The number of rotatable bonds is 4. The molecule has 0 aliphatic carbocycles. The molecule has 5 nitrogen and oxygen atoms in total. The zero-order valence-electron chi connectivity index (χ0n) is 10.4. The number of pyridine rings is 1. The number of ketones is 1. The highest BCUT2D eigenvalue weighted by molar-refractivity contribution is 7.21. The summed E-state index contributed by atoms with van der Waals surface area (Å²) in [6, 6.07) is 1.69. The molecule has 0 fully saturated rings. The molecule has 96 valence electrons. The van der Waals surface area contributed by atoms with Crippen molar-refractivity contribution >= 4 is 27.2 Å². The van der Waals surface area contributed by atoms with Crippen LogP contribution in [0.25, 0.3) is 10.1 Å². The van der Waals surface area contributed by atoms with Crippen LogP contribution in [0.3, 0.4) is 0 Å². The molecule has 6 heteroatoms. The molecule has 0 spiro atoms. The summed E-state index contributed by atoms with van der Waals surface area (Å²) in [4.78, 5) is 18.3. The van der Waals surface area contributed by atoms with E-state index in [0.29, 0.717) is 27.4 Å². The largest absolute Gasteiger partial charge is 0.506 e. The molecule has 0 saturated heterocycles. The lowest BCUT2D eigenvalue weighted by molar-refractivity contribution is 0.0962. The highest BCUT2D eigenvalue weighted by Gasteiger charge is 2.16. The van der Waals surface area contributed by atoms with Crippen molar-refractivity contribution in [2.45, 2.75) is 0 Å². The van der Waals surface area contributed by atoms with Crippen molar-refractivity contribution < 1.29 is 14.6 Å². The molecule has 0 amide bonds. The fourth-order valence-electron chi connectivity index (χ4n) is 1.64. The number of methoxy groups -OCH3 is 1. The van der Waals surface area contributed by atoms with E-state index in [4.69, 9.17) is 4.74 Å². The van der Waals surface area contributed by atoms with E-state index in [1.165, 1.54) is 24.6 Å². The van der Waals surface area contributed by atoms with Gasteiger partial charge in [-0.1, -0.05) is 0 Å². The van der Waals surface area contributed by atoms with Gasteiger partial charge in [0, 0.05) is 5.39 Å². The summed E-state index contributed by atoms with van der Waals surface area (Å²) in [5, 5.41) is 10.3. The van der Waals surface area contributed by atoms with Gasteiger partial charge in [-0.25, -0.2) is 4.98 Å². The van der Waals surface area contributed by atoms with Crippen LogP contribution in [0.15, 0.2) is 12.3 Å². The second-order valence-corrected chi connectivity index (χ2v) is 5.22. The van der Waals surface area contributed by atoms with Crippen LogP contribution in [0.4, 0.5) is 0 Å². The van der Waals surface area contributed by atoms with E-state index < -0.39 is 0 Å². The molecule has 0 unspecified atom stereocenters.